The summed E-state index contributed by atoms with van der Waals surface area (Å²) in [5.41, 5.74) is 6.13. The summed E-state index contributed by atoms with van der Waals surface area (Å²) in [7, 11) is 0. The molecule has 0 bridgehead atoms. The van der Waals surface area contributed by atoms with Gasteiger partial charge < -0.3 is 0 Å². The Morgan fingerprint density at radius 3 is 2.42 bits per heavy atom. The van der Waals surface area contributed by atoms with E-state index in [-0.39, 0.29) is 0 Å². The minimum Gasteiger partial charge on any atom is -0.299 e. The van der Waals surface area contributed by atoms with Gasteiger partial charge in [-0.05, 0) is 65.1 Å². The Labute approximate surface area is 239 Å². The van der Waals surface area contributed by atoms with E-state index in [4.69, 9.17) is 9.97 Å². The Hall–Kier alpha value is -4.28. The van der Waals surface area contributed by atoms with Crippen molar-refractivity contribution in [2.75, 3.05) is 13.1 Å². The summed E-state index contributed by atoms with van der Waals surface area (Å²) < 4.78 is 2.23. The average molecular weight is 593 g/mol. The van der Waals surface area contributed by atoms with E-state index < -0.39 is 0 Å². The number of hydrogen-bond donors (Lipinski definition) is 1. The molecule has 0 aliphatic carbocycles. The molecular weight excluding hydrogens is 566 g/mol. The van der Waals surface area contributed by atoms with Gasteiger partial charge in [-0.15, -0.1) is 5.10 Å². The van der Waals surface area contributed by atoms with Gasteiger partial charge in [0, 0.05) is 36.0 Å². The average Bonchev–Trinajstić information content (AvgIpc) is 3.64. The lowest BCUT2D eigenvalue weighted by atomic mass is 9.95. The summed E-state index contributed by atoms with van der Waals surface area (Å²) in [6, 6.07) is 24.8. The number of benzene rings is 2. The van der Waals surface area contributed by atoms with Crippen molar-refractivity contribution < 1.29 is 0 Å². The molecule has 2 aromatic carbocycles. The molecule has 5 heterocycles. The van der Waals surface area contributed by atoms with Gasteiger partial charge in [-0.3, -0.25) is 15.0 Å². The van der Waals surface area contributed by atoms with Gasteiger partial charge in [0.2, 0.25) is 4.73 Å². The molecule has 0 saturated carbocycles. The highest BCUT2D eigenvalue weighted by Crippen LogP contribution is 2.32. The number of rotatable bonds is 6. The van der Waals surface area contributed by atoms with Crippen molar-refractivity contribution in [2.24, 2.45) is 0 Å². The Balaban J connectivity index is 1.05. The molecule has 1 N–H and O–H groups in total. The van der Waals surface area contributed by atoms with Crippen LogP contribution in [0, 0.1) is 0 Å². The standard InChI is InChI=1S/C30H26BrN9/c31-29-35-30-33-26(24(19-40(30)38-29)21-6-2-1-3-7-21)22-11-9-20(10-12-22)18-39-16-13-23(14-17-39)27-34-28(37-36-27)25-8-4-5-15-32-25/h1-12,15,19,23H,13-14,16-18H2,(H,34,36,37). The number of H-pyrrole nitrogens is 1. The van der Waals surface area contributed by atoms with Gasteiger partial charge >= 0.3 is 0 Å². The second-order valence-corrected chi connectivity index (χ2v) is 10.7. The van der Waals surface area contributed by atoms with Crippen LogP contribution in [-0.4, -0.2) is 57.7 Å². The maximum atomic E-state index is 4.88. The third-order valence-electron chi connectivity index (χ3n) is 7.40. The van der Waals surface area contributed by atoms with Crippen molar-refractivity contribution in [3.8, 4) is 33.9 Å². The van der Waals surface area contributed by atoms with Gasteiger partial charge in [0.1, 0.15) is 11.5 Å². The first-order valence-electron chi connectivity index (χ1n) is 13.3. The minimum absolute atomic E-state index is 0.387. The van der Waals surface area contributed by atoms with Crippen molar-refractivity contribution in [3.05, 3.63) is 101 Å². The normalized spacial score (nSPS) is 14.6. The quantitative estimate of drug-likeness (QED) is 0.262. The van der Waals surface area contributed by atoms with E-state index in [1.165, 1.54) is 5.56 Å². The van der Waals surface area contributed by atoms with Gasteiger partial charge in [0.05, 0.1) is 5.69 Å². The molecule has 4 aromatic heterocycles. The van der Waals surface area contributed by atoms with E-state index in [9.17, 15) is 0 Å². The molecule has 0 spiro atoms. The number of nitrogens with zero attached hydrogens (tertiary/aromatic N) is 8. The van der Waals surface area contributed by atoms with Crippen LogP contribution >= 0.6 is 15.9 Å². The van der Waals surface area contributed by atoms with Crippen LogP contribution in [-0.2, 0) is 6.54 Å². The molecule has 1 aliphatic heterocycles. The molecule has 1 fully saturated rings. The fourth-order valence-corrected chi connectivity index (χ4v) is 5.63. The molecule has 6 aromatic rings. The summed E-state index contributed by atoms with van der Waals surface area (Å²) in [5, 5.41) is 11.9. The smallest absolute Gasteiger partial charge is 0.253 e. The maximum absolute atomic E-state index is 4.88. The van der Waals surface area contributed by atoms with Crippen molar-refractivity contribution in [3.63, 3.8) is 0 Å². The van der Waals surface area contributed by atoms with Crippen molar-refractivity contribution >= 4 is 21.7 Å². The number of likely N-dealkylation sites (tertiary alicyclic amines) is 1. The Morgan fingerprint density at radius 1 is 0.850 bits per heavy atom. The molecule has 40 heavy (non-hydrogen) atoms. The van der Waals surface area contributed by atoms with Crippen molar-refractivity contribution in [1.82, 2.24) is 44.6 Å². The van der Waals surface area contributed by atoms with Gasteiger partial charge in [0.15, 0.2) is 5.82 Å². The second kappa shape index (κ2) is 10.7. The zero-order valence-corrected chi connectivity index (χ0v) is 23.2. The topological polar surface area (TPSA) is 101 Å². The zero-order valence-electron chi connectivity index (χ0n) is 21.7. The summed E-state index contributed by atoms with van der Waals surface area (Å²) in [6.07, 6.45) is 5.86. The molecule has 198 valence electrons. The highest BCUT2D eigenvalue weighted by Gasteiger charge is 2.24. The zero-order chi connectivity index (χ0) is 26.9. The molecule has 0 unspecified atom stereocenters. The lowest BCUT2D eigenvalue weighted by molar-refractivity contribution is 0.202. The van der Waals surface area contributed by atoms with Crippen LogP contribution in [0.1, 0.15) is 30.1 Å². The van der Waals surface area contributed by atoms with Gasteiger partial charge in [0.25, 0.3) is 5.78 Å². The maximum Gasteiger partial charge on any atom is 0.253 e. The van der Waals surface area contributed by atoms with E-state index in [1.807, 2.05) is 42.6 Å². The predicted octanol–water partition coefficient (Wildman–Crippen LogP) is 5.78. The van der Waals surface area contributed by atoms with E-state index in [2.05, 4.69) is 82.5 Å². The lowest BCUT2D eigenvalue weighted by Crippen LogP contribution is -2.32. The van der Waals surface area contributed by atoms with Crippen LogP contribution in [0.2, 0.25) is 0 Å². The largest absolute Gasteiger partial charge is 0.299 e. The second-order valence-electron chi connectivity index (χ2n) is 10.0. The first-order chi connectivity index (χ1) is 19.7. The van der Waals surface area contributed by atoms with E-state index in [0.29, 0.717) is 22.3 Å². The molecular formula is C30H26BrN9. The highest BCUT2D eigenvalue weighted by atomic mass is 79.9. The Kier molecular flexibility index (Phi) is 6.62. The van der Waals surface area contributed by atoms with Crippen molar-refractivity contribution in [1.29, 1.82) is 0 Å². The number of hydrogen-bond acceptors (Lipinski definition) is 7. The predicted molar refractivity (Wildman–Crippen MR) is 156 cm³/mol. The lowest BCUT2D eigenvalue weighted by Gasteiger charge is -2.31. The molecule has 0 amide bonds. The molecule has 9 nitrogen and oxygen atoms in total. The number of piperidine rings is 1. The summed E-state index contributed by atoms with van der Waals surface area (Å²) >= 11 is 3.37. The minimum atomic E-state index is 0.387. The van der Waals surface area contributed by atoms with Crippen LogP contribution in [0.15, 0.2) is 89.9 Å². The van der Waals surface area contributed by atoms with E-state index >= 15 is 0 Å². The number of fused-ring (bicyclic) bond motifs is 1. The van der Waals surface area contributed by atoms with Crippen molar-refractivity contribution in [2.45, 2.75) is 25.3 Å². The van der Waals surface area contributed by atoms with Crippen LogP contribution in [0.4, 0.5) is 0 Å². The van der Waals surface area contributed by atoms with Crippen LogP contribution in [0.25, 0.3) is 39.7 Å². The number of halogens is 1. The molecule has 1 saturated heterocycles. The molecule has 1 aliphatic rings. The highest BCUT2D eigenvalue weighted by molar-refractivity contribution is 9.10. The monoisotopic (exact) mass is 591 g/mol. The van der Waals surface area contributed by atoms with E-state index in [1.54, 1.807) is 10.7 Å². The SMILES string of the molecule is Brc1nc2nc(-c3ccc(CN4CCC(c5nc(-c6ccccn6)n[nH]5)CC4)cc3)c(-c3ccccc3)cn2n1. The molecule has 0 atom stereocenters. The molecule has 7 rings (SSSR count). The summed E-state index contributed by atoms with van der Waals surface area (Å²) in [6.45, 7) is 2.95. The summed E-state index contributed by atoms with van der Waals surface area (Å²) in [5.74, 6) is 2.58. The van der Waals surface area contributed by atoms with Crippen LogP contribution in [0.5, 0.6) is 0 Å². The fraction of sp³-hybridized carbons (Fsp3) is 0.200. The van der Waals surface area contributed by atoms with Gasteiger partial charge in [-0.1, -0.05) is 60.7 Å². The van der Waals surface area contributed by atoms with Gasteiger partial charge in [-0.25, -0.2) is 14.5 Å². The first-order valence-corrected chi connectivity index (χ1v) is 14.1. The molecule has 0 radical (unpaired) electrons. The number of aromatic nitrogens is 8. The number of pyridine rings is 1. The van der Waals surface area contributed by atoms with Crippen LogP contribution in [0.3, 0.4) is 0 Å². The number of aromatic amines is 1. The number of nitrogens with one attached hydrogen (secondary N) is 1. The third kappa shape index (κ3) is 5.03. The first kappa shape index (κ1) is 24.7. The Bertz CT molecular complexity index is 1740. The fourth-order valence-electron chi connectivity index (χ4n) is 5.30. The van der Waals surface area contributed by atoms with Crippen LogP contribution < -0.4 is 0 Å². The molecule has 10 heteroatoms. The van der Waals surface area contributed by atoms with E-state index in [0.717, 1.165) is 66.4 Å². The summed E-state index contributed by atoms with van der Waals surface area (Å²) in [4.78, 5) is 20.9. The third-order valence-corrected chi connectivity index (χ3v) is 7.73. The Morgan fingerprint density at radius 2 is 1.65 bits per heavy atom. The van der Waals surface area contributed by atoms with Gasteiger partial charge in [-0.2, -0.15) is 10.1 Å².